The predicted molar refractivity (Wildman–Crippen MR) is 59.2 cm³/mol. The Labute approximate surface area is 98.1 Å². The molecule has 0 atom stereocenters. The number of ether oxygens (including phenoxy) is 1. The molecule has 0 amide bonds. The van der Waals surface area contributed by atoms with Crippen molar-refractivity contribution in [1.82, 2.24) is 4.98 Å². The lowest BCUT2D eigenvalue weighted by Crippen LogP contribution is -2.09. The average molecular weight is 223 g/mol. The zero-order valence-electron chi connectivity index (χ0n) is 8.75. The lowest BCUT2D eigenvalue weighted by molar-refractivity contribution is 0.0727. The Morgan fingerprint density at radius 2 is 2.00 bits per heavy atom. The Balaban J connectivity index is 2.11. The second-order valence-corrected chi connectivity index (χ2v) is 3.18. The summed E-state index contributed by atoms with van der Waals surface area (Å²) in [7, 11) is 0. The first-order valence-electron chi connectivity index (χ1n) is 4.85. The van der Waals surface area contributed by atoms with Crippen molar-refractivity contribution in [2.24, 2.45) is 0 Å². The van der Waals surface area contributed by atoms with Gasteiger partial charge in [-0.25, -0.2) is 9.78 Å². The number of nitrogens with zero attached hydrogens (tertiary/aromatic N) is 2. The summed E-state index contributed by atoms with van der Waals surface area (Å²) in [6.07, 6.45) is 2.46. The number of aromatic nitrogens is 1. The van der Waals surface area contributed by atoms with Crippen molar-refractivity contribution < 1.29 is 9.53 Å². The van der Waals surface area contributed by atoms with Crippen LogP contribution in [0.3, 0.4) is 0 Å². The molecular formula is C13H7N2O2. The van der Waals surface area contributed by atoms with Crippen LogP contribution in [0.15, 0.2) is 42.5 Å². The van der Waals surface area contributed by atoms with Gasteiger partial charge >= 0.3 is 5.97 Å². The van der Waals surface area contributed by atoms with E-state index >= 15 is 0 Å². The molecule has 2 rings (SSSR count). The van der Waals surface area contributed by atoms with E-state index in [2.05, 4.69) is 11.2 Å². The molecule has 0 aliphatic carbocycles. The van der Waals surface area contributed by atoms with Gasteiger partial charge in [0.2, 0.25) is 5.88 Å². The molecule has 1 heterocycles. The molecule has 0 unspecified atom stereocenters. The molecule has 4 nitrogen and oxygen atoms in total. The predicted octanol–water partition coefficient (Wildman–Crippen LogP) is 1.97. The molecule has 1 aromatic carbocycles. The molecule has 1 aromatic heterocycles. The molecule has 2 aromatic rings. The Bertz CT molecular complexity index is 556. The number of hydrogen-bond acceptors (Lipinski definition) is 4. The van der Waals surface area contributed by atoms with Gasteiger partial charge < -0.3 is 4.74 Å². The van der Waals surface area contributed by atoms with Crippen molar-refractivity contribution >= 4 is 5.97 Å². The molecular weight excluding hydrogens is 216 g/mol. The second kappa shape index (κ2) is 4.90. The maximum atomic E-state index is 11.6. The number of rotatable bonds is 2. The third-order valence-corrected chi connectivity index (χ3v) is 2.01. The lowest BCUT2D eigenvalue weighted by atomic mass is 10.2. The van der Waals surface area contributed by atoms with E-state index in [4.69, 9.17) is 10.00 Å². The Morgan fingerprint density at radius 3 is 2.59 bits per heavy atom. The van der Waals surface area contributed by atoms with E-state index in [1.54, 1.807) is 24.3 Å². The fraction of sp³-hybridized carbons (Fsp3) is 0. The zero-order valence-corrected chi connectivity index (χ0v) is 8.75. The average Bonchev–Trinajstić information content (AvgIpc) is 2.40. The van der Waals surface area contributed by atoms with Crippen molar-refractivity contribution in [3.8, 4) is 11.9 Å². The van der Waals surface area contributed by atoms with E-state index in [0.717, 1.165) is 0 Å². The van der Waals surface area contributed by atoms with Gasteiger partial charge in [-0.3, -0.25) is 0 Å². The van der Waals surface area contributed by atoms with Gasteiger partial charge in [0.05, 0.1) is 11.1 Å². The van der Waals surface area contributed by atoms with Gasteiger partial charge in [0, 0.05) is 6.07 Å². The largest absolute Gasteiger partial charge is 0.404 e. The molecule has 0 aliphatic heterocycles. The number of esters is 1. The summed E-state index contributed by atoms with van der Waals surface area (Å²) in [4.78, 5) is 15.4. The molecule has 0 N–H and O–H groups in total. The van der Waals surface area contributed by atoms with E-state index in [9.17, 15) is 4.79 Å². The van der Waals surface area contributed by atoms with E-state index in [-0.39, 0.29) is 5.88 Å². The van der Waals surface area contributed by atoms with Crippen LogP contribution in [0.2, 0.25) is 0 Å². The highest BCUT2D eigenvalue weighted by Gasteiger charge is 2.08. The van der Waals surface area contributed by atoms with Gasteiger partial charge in [0.15, 0.2) is 0 Å². The fourth-order valence-corrected chi connectivity index (χ4v) is 1.19. The van der Waals surface area contributed by atoms with Gasteiger partial charge in [-0.05, 0) is 18.2 Å². The molecule has 0 aliphatic rings. The van der Waals surface area contributed by atoms with Crippen molar-refractivity contribution in [2.45, 2.75) is 0 Å². The molecule has 4 heteroatoms. The standard InChI is InChI=1S/C13H7N2O2/c14-8-10-6-7-12(15-9-10)17-13(16)11-4-2-1-3-5-11/h1-7H. The van der Waals surface area contributed by atoms with Crippen LogP contribution in [0.25, 0.3) is 0 Å². The van der Waals surface area contributed by atoms with Gasteiger partial charge in [-0.15, -0.1) is 0 Å². The Morgan fingerprint density at radius 1 is 1.24 bits per heavy atom. The van der Waals surface area contributed by atoms with Crippen molar-refractivity contribution in [3.63, 3.8) is 0 Å². The highest BCUT2D eigenvalue weighted by molar-refractivity contribution is 5.90. The highest BCUT2D eigenvalue weighted by atomic mass is 16.5. The number of hydrogen-bond donors (Lipinski definition) is 0. The molecule has 1 radical (unpaired) electrons. The number of carbonyl (C=O) groups is 1. The summed E-state index contributed by atoms with van der Waals surface area (Å²) in [5.41, 5.74) is 0.739. The maximum absolute atomic E-state index is 11.6. The third kappa shape index (κ3) is 2.67. The second-order valence-electron chi connectivity index (χ2n) is 3.18. The monoisotopic (exact) mass is 223 g/mol. The van der Waals surface area contributed by atoms with Gasteiger partial charge in [0.1, 0.15) is 12.3 Å². The van der Waals surface area contributed by atoms with Gasteiger partial charge in [-0.2, -0.15) is 5.26 Å². The van der Waals surface area contributed by atoms with E-state index < -0.39 is 5.97 Å². The van der Waals surface area contributed by atoms with Crippen molar-refractivity contribution in [3.05, 3.63) is 59.8 Å². The van der Waals surface area contributed by atoms with Crippen LogP contribution in [0.1, 0.15) is 15.9 Å². The number of carbonyl (C=O) groups excluding carboxylic acids is 1. The highest BCUT2D eigenvalue weighted by Crippen LogP contribution is 2.09. The molecule has 0 spiro atoms. The zero-order chi connectivity index (χ0) is 12.1. The third-order valence-electron chi connectivity index (χ3n) is 2.01. The Hall–Kier alpha value is -2.67. The SMILES string of the molecule is N#Cc1[c]nc(OC(=O)c2ccccc2)cc1. The summed E-state index contributed by atoms with van der Waals surface area (Å²) in [6, 6.07) is 13.4. The summed E-state index contributed by atoms with van der Waals surface area (Å²) in [5.74, 6) is -0.367. The molecule has 0 saturated heterocycles. The maximum Gasteiger partial charge on any atom is 0.344 e. The first-order chi connectivity index (χ1) is 8.29. The number of nitriles is 1. The summed E-state index contributed by atoms with van der Waals surface area (Å²) < 4.78 is 5.01. The van der Waals surface area contributed by atoms with Crippen LogP contribution in [-0.2, 0) is 0 Å². The van der Waals surface area contributed by atoms with Crippen LogP contribution in [0.4, 0.5) is 0 Å². The first kappa shape index (κ1) is 10.8. The minimum Gasteiger partial charge on any atom is -0.404 e. The van der Waals surface area contributed by atoms with Crippen LogP contribution >= 0.6 is 0 Å². The van der Waals surface area contributed by atoms with Crippen LogP contribution in [0, 0.1) is 17.5 Å². The normalized spacial score (nSPS) is 9.35. The minimum absolute atomic E-state index is 0.123. The van der Waals surface area contributed by atoms with Crippen molar-refractivity contribution in [2.75, 3.05) is 0 Å². The topological polar surface area (TPSA) is 63.0 Å². The molecule has 17 heavy (non-hydrogen) atoms. The van der Waals surface area contributed by atoms with E-state index in [1.807, 2.05) is 12.1 Å². The Kier molecular flexibility index (Phi) is 3.13. The quantitative estimate of drug-likeness (QED) is 0.730. The van der Waals surface area contributed by atoms with Gasteiger partial charge in [0.25, 0.3) is 0 Å². The smallest absolute Gasteiger partial charge is 0.344 e. The minimum atomic E-state index is -0.490. The van der Waals surface area contributed by atoms with Crippen LogP contribution in [0.5, 0.6) is 5.88 Å². The lowest BCUT2D eigenvalue weighted by Gasteiger charge is -2.02. The first-order valence-corrected chi connectivity index (χ1v) is 4.85. The molecule has 0 saturated carbocycles. The molecule has 81 valence electrons. The van der Waals surface area contributed by atoms with Crippen LogP contribution < -0.4 is 4.74 Å². The number of benzene rings is 1. The van der Waals surface area contributed by atoms with Crippen LogP contribution in [-0.4, -0.2) is 11.0 Å². The molecule has 0 bridgehead atoms. The summed E-state index contributed by atoms with van der Waals surface area (Å²) >= 11 is 0. The fourth-order valence-electron chi connectivity index (χ4n) is 1.19. The summed E-state index contributed by atoms with van der Waals surface area (Å²) in [5, 5.41) is 8.56. The van der Waals surface area contributed by atoms with Gasteiger partial charge in [-0.1, -0.05) is 18.2 Å². The van der Waals surface area contributed by atoms with E-state index in [0.29, 0.717) is 11.1 Å². The molecule has 0 fully saturated rings. The summed E-state index contributed by atoms with van der Waals surface area (Å²) in [6.45, 7) is 0. The van der Waals surface area contributed by atoms with Crippen molar-refractivity contribution in [1.29, 1.82) is 5.26 Å². The van der Waals surface area contributed by atoms with E-state index in [1.165, 1.54) is 12.1 Å². The number of pyridine rings is 1.